The number of nitrogens with zero attached hydrogens (tertiary/aromatic N) is 3. The van der Waals surface area contributed by atoms with E-state index in [0.717, 1.165) is 12.8 Å². The molecule has 108 valence electrons. The van der Waals surface area contributed by atoms with Gasteiger partial charge in [-0.05, 0) is 19.8 Å². The van der Waals surface area contributed by atoms with Gasteiger partial charge in [0.1, 0.15) is 4.90 Å². The van der Waals surface area contributed by atoms with Gasteiger partial charge in [-0.25, -0.2) is 13.4 Å². The number of thiazole rings is 1. The molecule has 0 saturated heterocycles. The van der Waals surface area contributed by atoms with Crippen molar-refractivity contribution in [2.75, 3.05) is 4.72 Å². The number of anilines is 1. The smallest absolute Gasteiger partial charge is 0.267 e. The Morgan fingerprint density at radius 3 is 2.80 bits per heavy atom. The van der Waals surface area contributed by atoms with E-state index in [4.69, 9.17) is 0 Å². The van der Waals surface area contributed by atoms with E-state index in [-0.39, 0.29) is 4.90 Å². The maximum Gasteiger partial charge on any atom is 0.267 e. The maximum absolute atomic E-state index is 12.4. The van der Waals surface area contributed by atoms with Crippen LogP contribution in [0, 0.1) is 6.92 Å². The van der Waals surface area contributed by atoms with Crippen LogP contribution >= 0.6 is 11.3 Å². The molecule has 1 fully saturated rings. The van der Waals surface area contributed by atoms with E-state index in [1.165, 1.54) is 24.2 Å². The van der Waals surface area contributed by atoms with Crippen molar-refractivity contribution in [3.63, 3.8) is 0 Å². The van der Waals surface area contributed by atoms with Gasteiger partial charge in [-0.3, -0.25) is 9.40 Å². The highest BCUT2D eigenvalue weighted by Crippen LogP contribution is 2.30. The van der Waals surface area contributed by atoms with Crippen LogP contribution in [0.1, 0.15) is 37.4 Å². The van der Waals surface area contributed by atoms with Crippen LogP contribution < -0.4 is 4.72 Å². The summed E-state index contributed by atoms with van der Waals surface area (Å²) in [5.41, 5.74) is 0.529. The zero-order valence-corrected chi connectivity index (χ0v) is 12.7. The molecule has 0 spiro atoms. The molecule has 3 rings (SSSR count). The molecule has 0 amide bonds. The standard InChI is InChI=1S/C12H16N4O2S2/c1-9-11(8-16(14-9)10-4-2-3-5-10)20(17,18)15-12-13-6-7-19-12/h6-8,10H,2-5H2,1H3,(H,13,15). The first-order valence-electron chi connectivity index (χ1n) is 6.54. The molecular weight excluding hydrogens is 296 g/mol. The normalized spacial score (nSPS) is 16.6. The van der Waals surface area contributed by atoms with Crippen LogP contribution in [0.4, 0.5) is 5.13 Å². The van der Waals surface area contributed by atoms with E-state index in [1.54, 1.807) is 29.4 Å². The predicted molar refractivity (Wildman–Crippen MR) is 77.4 cm³/mol. The first-order valence-corrected chi connectivity index (χ1v) is 8.90. The van der Waals surface area contributed by atoms with Gasteiger partial charge in [0.15, 0.2) is 5.13 Å². The van der Waals surface area contributed by atoms with Crippen LogP contribution in [0.3, 0.4) is 0 Å². The number of nitrogens with one attached hydrogen (secondary N) is 1. The second-order valence-electron chi connectivity index (χ2n) is 4.94. The molecule has 1 saturated carbocycles. The van der Waals surface area contributed by atoms with Crippen LogP contribution in [0.15, 0.2) is 22.7 Å². The van der Waals surface area contributed by atoms with E-state index in [9.17, 15) is 8.42 Å². The second kappa shape index (κ2) is 5.17. The van der Waals surface area contributed by atoms with Gasteiger partial charge >= 0.3 is 0 Å². The monoisotopic (exact) mass is 312 g/mol. The van der Waals surface area contributed by atoms with Crippen LogP contribution in [-0.2, 0) is 10.0 Å². The van der Waals surface area contributed by atoms with Crippen molar-refractivity contribution in [3.8, 4) is 0 Å². The molecule has 2 aromatic rings. The van der Waals surface area contributed by atoms with Gasteiger partial charge in [0.2, 0.25) is 0 Å². The Bertz CT molecular complexity index is 685. The highest BCUT2D eigenvalue weighted by molar-refractivity contribution is 7.93. The molecule has 2 aromatic heterocycles. The number of hydrogen-bond donors (Lipinski definition) is 1. The molecule has 2 heterocycles. The Morgan fingerprint density at radius 1 is 1.40 bits per heavy atom. The first-order chi connectivity index (χ1) is 9.56. The third-order valence-electron chi connectivity index (χ3n) is 3.51. The topological polar surface area (TPSA) is 76.9 Å². The lowest BCUT2D eigenvalue weighted by molar-refractivity contribution is 0.464. The molecule has 6 nitrogen and oxygen atoms in total. The Kier molecular flexibility index (Phi) is 3.51. The first kappa shape index (κ1) is 13.6. The molecule has 0 aromatic carbocycles. The zero-order chi connectivity index (χ0) is 14.2. The van der Waals surface area contributed by atoms with Crippen molar-refractivity contribution in [2.45, 2.75) is 43.5 Å². The van der Waals surface area contributed by atoms with Crippen LogP contribution in [0.25, 0.3) is 0 Å². The fourth-order valence-corrected chi connectivity index (χ4v) is 4.49. The average Bonchev–Trinajstić information content (AvgIpc) is 3.06. The molecule has 0 aliphatic heterocycles. The highest BCUT2D eigenvalue weighted by Gasteiger charge is 2.25. The summed E-state index contributed by atoms with van der Waals surface area (Å²) in [6.45, 7) is 1.72. The summed E-state index contributed by atoms with van der Waals surface area (Å²) in [4.78, 5) is 4.18. The van der Waals surface area contributed by atoms with Gasteiger partial charge in [0.05, 0.1) is 11.7 Å². The molecule has 1 aliphatic rings. The molecule has 0 atom stereocenters. The summed E-state index contributed by atoms with van der Waals surface area (Å²) in [6.07, 6.45) is 7.71. The summed E-state index contributed by atoms with van der Waals surface area (Å²) >= 11 is 1.25. The van der Waals surface area contributed by atoms with Gasteiger partial charge < -0.3 is 0 Å². The highest BCUT2D eigenvalue weighted by atomic mass is 32.2. The van der Waals surface area contributed by atoms with Crippen molar-refractivity contribution < 1.29 is 8.42 Å². The van der Waals surface area contributed by atoms with Gasteiger partial charge in [-0.15, -0.1) is 11.3 Å². The van der Waals surface area contributed by atoms with Crippen LogP contribution in [-0.4, -0.2) is 23.2 Å². The molecule has 0 bridgehead atoms. The van der Waals surface area contributed by atoms with Crippen LogP contribution in [0.2, 0.25) is 0 Å². The lowest BCUT2D eigenvalue weighted by atomic mass is 10.3. The van der Waals surface area contributed by atoms with Crippen molar-refractivity contribution in [3.05, 3.63) is 23.5 Å². The zero-order valence-electron chi connectivity index (χ0n) is 11.1. The number of rotatable bonds is 4. The van der Waals surface area contributed by atoms with Gasteiger partial charge in [-0.2, -0.15) is 5.10 Å². The lowest BCUT2D eigenvalue weighted by Crippen LogP contribution is -2.13. The second-order valence-corrected chi connectivity index (χ2v) is 7.49. The molecule has 8 heteroatoms. The fraction of sp³-hybridized carbons (Fsp3) is 0.500. The SMILES string of the molecule is Cc1nn(C2CCCC2)cc1S(=O)(=O)Nc1nccs1. The van der Waals surface area contributed by atoms with Crippen molar-refractivity contribution in [1.29, 1.82) is 0 Å². The number of hydrogen-bond acceptors (Lipinski definition) is 5. The van der Waals surface area contributed by atoms with Gasteiger partial charge in [-0.1, -0.05) is 12.8 Å². The molecular formula is C12H16N4O2S2. The van der Waals surface area contributed by atoms with E-state index >= 15 is 0 Å². The summed E-state index contributed by atoms with van der Waals surface area (Å²) < 4.78 is 29.0. The quantitative estimate of drug-likeness (QED) is 0.941. The predicted octanol–water partition coefficient (Wildman–Crippen LogP) is 2.56. The maximum atomic E-state index is 12.4. The third-order valence-corrected chi connectivity index (χ3v) is 5.77. The molecule has 1 aliphatic carbocycles. The van der Waals surface area contributed by atoms with E-state index in [0.29, 0.717) is 16.9 Å². The largest absolute Gasteiger partial charge is 0.268 e. The van der Waals surface area contributed by atoms with Crippen molar-refractivity contribution >= 4 is 26.5 Å². The number of aryl methyl sites for hydroxylation is 1. The third kappa shape index (κ3) is 2.57. The summed E-state index contributed by atoms with van der Waals surface area (Å²) in [5.74, 6) is 0. The van der Waals surface area contributed by atoms with Gasteiger partial charge in [0.25, 0.3) is 10.0 Å². The minimum absolute atomic E-state index is 0.236. The molecule has 1 N–H and O–H groups in total. The Hall–Kier alpha value is -1.41. The minimum Gasteiger partial charge on any atom is -0.268 e. The van der Waals surface area contributed by atoms with Crippen molar-refractivity contribution in [1.82, 2.24) is 14.8 Å². The molecule has 0 unspecified atom stereocenters. The van der Waals surface area contributed by atoms with E-state index in [1.807, 2.05) is 0 Å². The van der Waals surface area contributed by atoms with Crippen LogP contribution in [0.5, 0.6) is 0 Å². The molecule has 0 radical (unpaired) electrons. The van der Waals surface area contributed by atoms with E-state index in [2.05, 4.69) is 14.8 Å². The summed E-state index contributed by atoms with van der Waals surface area (Å²) in [7, 11) is -3.61. The number of aromatic nitrogens is 3. The Labute approximate surface area is 121 Å². The fourth-order valence-electron chi connectivity index (χ4n) is 2.53. The van der Waals surface area contributed by atoms with E-state index < -0.39 is 10.0 Å². The summed E-state index contributed by atoms with van der Waals surface area (Å²) in [6, 6.07) is 0.331. The Balaban J connectivity index is 1.89. The molecule has 20 heavy (non-hydrogen) atoms. The Morgan fingerprint density at radius 2 is 2.15 bits per heavy atom. The summed E-state index contributed by atoms with van der Waals surface area (Å²) in [5, 5.41) is 6.47. The number of sulfonamides is 1. The van der Waals surface area contributed by atoms with Gasteiger partial charge in [0, 0.05) is 17.8 Å². The van der Waals surface area contributed by atoms with Crippen molar-refractivity contribution in [2.24, 2.45) is 0 Å². The minimum atomic E-state index is -3.61. The average molecular weight is 312 g/mol. The lowest BCUT2D eigenvalue weighted by Gasteiger charge is -2.08.